The molecule has 7 heteroatoms. The Morgan fingerprint density at radius 2 is 1.85 bits per heavy atom. The second-order valence-corrected chi connectivity index (χ2v) is 5.61. The molecule has 0 radical (unpaired) electrons. The molecule has 0 spiro atoms. The second kappa shape index (κ2) is 6.59. The van der Waals surface area contributed by atoms with Gasteiger partial charge < -0.3 is 0 Å². The quantitative estimate of drug-likeness (QED) is 0.862. The molecule has 2 rings (SSSR count). The fourth-order valence-electron chi connectivity index (χ4n) is 1.73. The van der Waals surface area contributed by atoms with Gasteiger partial charge in [0.15, 0.2) is 0 Å². The van der Waals surface area contributed by atoms with Gasteiger partial charge in [0.2, 0.25) is 0 Å². The standard InChI is InChI=1S/C13H12Cl3N3O/c1-18(7-9-2-4-10(14)5-3-9)8-19-13(20)12(16)11(15)6-17-19/h2-6H,7-8H2,1H3. The zero-order valence-electron chi connectivity index (χ0n) is 10.7. The summed E-state index contributed by atoms with van der Waals surface area (Å²) in [6, 6.07) is 7.52. The first-order chi connectivity index (χ1) is 9.47. The van der Waals surface area contributed by atoms with Gasteiger partial charge in [-0.25, -0.2) is 4.68 Å². The Labute approximate surface area is 131 Å². The molecule has 1 heterocycles. The lowest BCUT2D eigenvalue weighted by atomic mass is 10.2. The predicted octanol–water partition coefficient (Wildman–Crippen LogP) is 3.29. The average molecular weight is 333 g/mol. The summed E-state index contributed by atoms with van der Waals surface area (Å²) in [4.78, 5) is 13.8. The van der Waals surface area contributed by atoms with Crippen molar-refractivity contribution >= 4 is 34.8 Å². The van der Waals surface area contributed by atoms with E-state index in [0.717, 1.165) is 5.56 Å². The highest BCUT2D eigenvalue weighted by Crippen LogP contribution is 2.15. The van der Waals surface area contributed by atoms with Crippen LogP contribution in [0.5, 0.6) is 0 Å². The summed E-state index contributed by atoms with van der Waals surface area (Å²) in [5.41, 5.74) is 0.687. The molecule has 0 unspecified atom stereocenters. The van der Waals surface area contributed by atoms with Crippen LogP contribution in [-0.4, -0.2) is 21.7 Å². The van der Waals surface area contributed by atoms with E-state index in [4.69, 9.17) is 34.8 Å². The molecular formula is C13H12Cl3N3O. The summed E-state index contributed by atoms with van der Waals surface area (Å²) in [6.45, 7) is 0.976. The molecule has 0 aliphatic heterocycles. The fourth-order valence-corrected chi connectivity index (χ4v) is 2.12. The van der Waals surface area contributed by atoms with E-state index in [1.165, 1.54) is 10.9 Å². The fraction of sp³-hybridized carbons (Fsp3) is 0.231. The van der Waals surface area contributed by atoms with Crippen LogP contribution in [-0.2, 0) is 13.2 Å². The minimum atomic E-state index is -0.401. The zero-order valence-corrected chi connectivity index (χ0v) is 13.0. The first-order valence-electron chi connectivity index (χ1n) is 5.81. The first kappa shape index (κ1) is 15.3. The van der Waals surface area contributed by atoms with Gasteiger partial charge in [0.05, 0.1) is 17.9 Å². The molecule has 4 nitrogen and oxygen atoms in total. The van der Waals surface area contributed by atoms with Gasteiger partial charge in [-0.15, -0.1) is 0 Å². The van der Waals surface area contributed by atoms with E-state index in [-0.39, 0.29) is 10.0 Å². The third kappa shape index (κ3) is 3.73. The summed E-state index contributed by atoms with van der Waals surface area (Å²) in [7, 11) is 1.88. The molecule has 106 valence electrons. The van der Waals surface area contributed by atoms with Gasteiger partial charge in [-0.3, -0.25) is 9.69 Å². The van der Waals surface area contributed by atoms with Crippen molar-refractivity contribution in [3.63, 3.8) is 0 Å². The number of halogens is 3. The van der Waals surface area contributed by atoms with Crippen LogP contribution in [0.3, 0.4) is 0 Å². The lowest BCUT2D eigenvalue weighted by Crippen LogP contribution is -2.31. The molecule has 0 N–H and O–H groups in total. The van der Waals surface area contributed by atoms with Gasteiger partial charge in [-0.05, 0) is 24.7 Å². The Morgan fingerprint density at radius 1 is 1.20 bits per heavy atom. The predicted molar refractivity (Wildman–Crippen MR) is 81.4 cm³/mol. The zero-order chi connectivity index (χ0) is 14.7. The first-order valence-corrected chi connectivity index (χ1v) is 6.95. The summed E-state index contributed by atoms with van der Waals surface area (Å²) in [5, 5.41) is 4.80. The normalized spacial score (nSPS) is 11.1. The van der Waals surface area contributed by atoms with Gasteiger partial charge in [0, 0.05) is 11.6 Å². The molecule has 0 aliphatic carbocycles. The number of hydrogen-bond donors (Lipinski definition) is 0. The maximum atomic E-state index is 11.9. The third-order valence-electron chi connectivity index (χ3n) is 2.68. The molecule has 0 amide bonds. The number of nitrogens with zero attached hydrogens (tertiary/aromatic N) is 3. The summed E-state index contributed by atoms with van der Waals surface area (Å²) < 4.78 is 1.27. The van der Waals surface area contributed by atoms with Crippen molar-refractivity contribution in [3.05, 3.63) is 61.4 Å². The van der Waals surface area contributed by atoms with E-state index in [0.29, 0.717) is 18.2 Å². The Bertz CT molecular complexity index is 655. The Hall–Kier alpha value is -1.07. The van der Waals surface area contributed by atoms with Crippen LogP contribution in [0.15, 0.2) is 35.3 Å². The van der Waals surface area contributed by atoms with Crippen LogP contribution in [0.25, 0.3) is 0 Å². The van der Waals surface area contributed by atoms with E-state index in [1.807, 2.05) is 36.2 Å². The third-order valence-corrected chi connectivity index (χ3v) is 3.68. The Balaban J connectivity index is 2.08. The van der Waals surface area contributed by atoms with Crippen molar-refractivity contribution in [2.75, 3.05) is 7.05 Å². The smallest absolute Gasteiger partial charge is 0.283 e. The number of hydrogen-bond acceptors (Lipinski definition) is 3. The topological polar surface area (TPSA) is 38.1 Å². The Morgan fingerprint density at radius 3 is 2.50 bits per heavy atom. The van der Waals surface area contributed by atoms with Crippen molar-refractivity contribution < 1.29 is 0 Å². The van der Waals surface area contributed by atoms with Crippen molar-refractivity contribution in [3.8, 4) is 0 Å². The second-order valence-electron chi connectivity index (χ2n) is 4.39. The minimum absolute atomic E-state index is 0.0124. The molecule has 2 aromatic rings. The summed E-state index contributed by atoms with van der Waals surface area (Å²) in [5.74, 6) is 0. The lowest BCUT2D eigenvalue weighted by molar-refractivity contribution is 0.240. The van der Waals surface area contributed by atoms with E-state index in [2.05, 4.69) is 5.10 Å². The van der Waals surface area contributed by atoms with E-state index in [9.17, 15) is 4.79 Å². The monoisotopic (exact) mass is 331 g/mol. The van der Waals surface area contributed by atoms with E-state index >= 15 is 0 Å². The van der Waals surface area contributed by atoms with Crippen molar-refractivity contribution in [2.24, 2.45) is 0 Å². The van der Waals surface area contributed by atoms with Crippen molar-refractivity contribution in [2.45, 2.75) is 13.2 Å². The van der Waals surface area contributed by atoms with Crippen LogP contribution in [0, 0.1) is 0 Å². The van der Waals surface area contributed by atoms with Gasteiger partial charge in [-0.2, -0.15) is 5.10 Å². The molecule has 0 atom stereocenters. The van der Waals surface area contributed by atoms with Crippen LogP contribution in [0.4, 0.5) is 0 Å². The van der Waals surface area contributed by atoms with Crippen LogP contribution in [0.2, 0.25) is 15.1 Å². The number of rotatable bonds is 4. The molecule has 20 heavy (non-hydrogen) atoms. The molecule has 1 aromatic heterocycles. The number of benzene rings is 1. The molecule has 0 aliphatic rings. The van der Waals surface area contributed by atoms with Crippen molar-refractivity contribution in [1.82, 2.24) is 14.7 Å². The molecular weight excluding hydrogens is 321 g/mol. The largest absolute Gasteiger partial charge is 0.288 e. The summed E-state index contributed by atoms with van der Waals surface area (Å²) in [6.07, 6.45) is 1.36. The molecule has 1 aromatic carbocycles. The SMILES string of the molecule is CN(Cc1ccc(Cl)cc1)Cn1ncc(Cl)c(Cl)c1=O. The molecule has 0 bridgehead atoms. The van der Waals surface area contributed by atoms with Crippen LogP contribution in [0.1, 0.15) is 5.56 Å². The van der Waals surface area contributed by atoms with E-state index in [1.54, 1.807) is 0 Å². The maximum Gasteiger partial charge on any atom is 0.288 e. The van der Waals surface area contributed by atoms with Crippen LogP contribution < -0.4 is 5.56 Å². The van der Waals surface area contributed by atoms with E-state index < -0.39 is 5.56 Å². The Kier molecular flexibility index (Phi) is 5.05. The van der Waals surface area contributed by atoms with Crippen LogP contribution >= 0.6 is 34.8 Å². The molecule has 0 saturated carbocycles. The number of aromatic nitrogens is 2. The van der Waals surface area contributed by atoms with Gasteiger partial charge in [-0.1, -0.05) is 46.9 Å². The summed E-state index contributed by atoms with van der Waals surface area (Å²) >= 11 is 17.4. The van der Waals surface area contributed by atoms with Gasteiger partial charge in [0.25, 0.3) is 5.56 Å². The van der Waals surface area contributed by atoms with Gasteiger partial charge >= 0.3 is 0 Å². The minimum Gasteiger partial charge on any atom is -0.283 e. The molecule has 0 fully saturated rings. The van der Waals surface area contributed by atoms with Gasteiger partial charge in [0.1, 0.15) is 5.02 Å². The highest BCUT2D eigenvalue weighted by atomic mass is 35.5. The average Bonchev–Trinajstić information content (AvgIpc) is 2.42. The van der Waals surface area contributed by atoms with Crippen molar-refractivity contribution in [1.29, 1.82) is 0 Å². The maximum absolute atomic E-state index is 11.9. The molecule has 0 saturated heterocycles. The lowest BCUT2D eigenvalue weighted by Gasteiger charge is -2.17. The highest BCUT2D eigenvalue weighted by molar-refractivity contribution is 6.41. The highest BCUT2D eigenvalue weighted by Gasteiger charge is 2.09.